The number of nitrogens with zero attached hydrogens (tertiary/aromatic N) is 1. The van der Waals surface area contributed by atoms with Gasteiger partial charge in [-0.2, -0.15) is 0 Å². The molecule has 0 aromatic carbocycles. The molecule has 2 heteroatoms. The molecular weight excluding hydrogens is 208 g/mol. The zero-order chi connectivity index (χ0) is 12.3. The highest BCUT2D eigenvalue weighted by molar-refractivity contribution is 5.03. The largest absolute Gasteiger partial charge is 0.326 e. The minimum atomic E-state index is 0.366. The molecule has 0 radical (unpaired) electrons. The monoisotopic (exact) mass is 238 g/mol. The third kappa shape index (κ3) is 2.85. The first-order valence-electron chi connectivity index (χ1n) is 7.66. The molecule has 2 N–H and O–H groups in total. The van der Waals surface area contributed by atoms with Gasteiger partial charge in [0.1, 0.15) is 0 Å². The summed E-state index contributed by atoms with van der Waals surface area (Å²) < 4.78 is 0. The van der Waals surface area contributed by atoms with Crippen LogP contribution >= 0.6 is 0 Å². The van der Waals surface area contributed by atoms with E-state index in [9.17, 15) is 0 Å². The third-order valence-corrected chi connectivity index (χ3v) is 4.87. The van der Waals surface area contributed by atoms with Gasteiger partial charge in [-0.15, -0.1) is 0 Å². The number of hydrogen-bond acceptors (Lipinski definition) is 2. The number of nitrogens with two attached hydrogens (primary N) is 1. The maximum Gasteiger partial charge on any atom is 0.0360 e. The van der Waals surface area contributed by atoms with Gasteiger partial charge in [0.15, 0.2) is 0 Å². The standard InChI is InChI=1S/C15H30N2/c1-13(2)12-14(16)15(8-4-5-9-15)17-10-6-3-7-11-17/h13-14H,3-12,16H2,1-2H3. The first kappa shape index (κ1) is 13.4. The van der Waals surface area contributed by atoms with Gasteiger partial charge in [-0.3, -0.25) is 4.90 Å². The van der Waals surface area contributed by atoms with E-state index in [0.717, 1.165) is 5.92 Å². The fraction of sp³-hybridized carbons (Fsp3) is 1.00. The first-order chi connectivity index (χ1) is 8.15. The molecule has 2 aliphatic rings. The lowest BCUT2D eigenvalue weighted by molar-refractivity contribution is 0.0424. The second-order valence-electron chi connectivity index (χ2n) is 6.59. The van der Waals surface area contributed by atoms with Crippen molar-refractivity contribution in [2.24, 2.45) is 11.7 Å². The van der Waals surface area contributed by atoms with Crippen LogP contribution in [0.25, 0.3) is 0 Å². The van der Waals surface area contributed by atoms with Crippen molar-refractivity contribution in [3.8, 4) is 0 Å². The van der Waals surface area contributed by atoms with Gasteiger partial charge < -0.3 is 5.73 Å². The van der Waals surface area contributed by atoms with Gasteiger partial charge in [-0.05, 0) is 51.1 Å². The van der Waals surface area contributed by atoms with Crippen molar-refractivity contribution in [2.75, 3.05) is 13.1 Å². The summed E-state index contributed by atoms with van der Waals surface area (Å²) in [6.07, 6.45) is 10.9. The first-order valence-corrected chi connectivity index (χ1v) is 7.66. The fourth-order valence-electron chi connectivity index (χ4n) is 3.98. The van der Waals surface area contributed by atoms with Crippen molar-refractivity contribution in [3.63, 3.8) is 0 Å². The van der Waals surface area contributed by atoms with Crippen molar-refractivity contribution >= 4 is 0 Å². The summed E-state index contributed by atoms with van der Waals surface area (Å²) in [6.45, 7) is 7.20. The molecule has 0 aromatic rings. The molecule has 100 valence electrons. The SMILES string of the molecule is CC(C)CC(N)C1(N2CCCCC2)CCCC1. The molecule has 0 amide bonds. The predicted octanol–water partition coefficient (Wildman–Crippen LogP) is 3.16. The maximum atomic E-state index is 6.60. The number of piperidine rings is 1. The topological polar surface area (TPSA) is 29.3 Å². The Morgan fingerprint density at radius 1 is 1.00 bits per heavy atom. The quantitative estimate of drug-likeness (QED) is 0.815. The highest BCUT2D eigenvalue weighted by Gasteiger charge is 2.44. The van der Waals surface area contributed by atoms with E-state index >= 15 is 0 Å². The Balaban J connectivity index is 2.07. The number of likely N-dealkylation sites (tertiary alicyclic amines) is 1. The minimum absolute atomic E-state index is 0.366. The van der Waals surface area contributed by atoms with Crippen LogP contribution < -0.4 is 5.73 Å². The lowest BCUT2D eigenvalue weighted by atomic mass is 9.81. The predicted molar refractivity (Wildman–Crippen MR) is 74.1 cm³/mol. The van der Waals surface area contributed by atoms with E-state index in [1.54, 1.807) is 0 Å². The van der Waals surface area contributed by atoms with Crippen LogP contribution in [-0.4, -0.2) is 29.6 Å². The van der Waals surface area contributed by atoms with Crippen molar-refractivity contribution in [1.29, 1.82) is 0 Å². The molecule has 2 nitrogen and oxygen atoms in total. The zero-order valence-corrected chi connectivity index (χ0v) is 11.8. The van der Waals surface area contributed by atoms with Crippen molar-refractivity contribution in [2.45, 2.75) is 76.8 Å². The van der Waals surface area contributed by atoms with Crippen molar-refractivity contribution in [3.05, 3.63) is 0 Å². The Bertz CT molecular complexity index is 225. The number of rotatable bonds is 4. The summed E-state index contributed by atoms with van der Waals surface area (Å²) in [6, 6.07) is 0.392. The Kier molecular flexibility index (Phi) is 4.48. The average molecular weight is 238 g/mol. The van der Waals surface area contributed by atoms with Crippen molar-refractivity contribution in [1.82, 2.24) is 4.90 Å². The summed E-state index contributed by atoms with van der Waals surface area (Å²) in [5, 5.41) is 0. The Morgan fingerprint density at radius 2 is 1.59 bits per heavy atom. The van der Waals surface area contributed by atoms with Gasteiger partial charge in [0, 0.05) is 11.6 Å². The smallest absolute Gasteiger partial charge is 0.0360 e. The Hall–Kier alpha value is -0.0800. The van der Waals surface area contributed by atoms with Gasteiger partial charge >= 0.3 is 0 Å². The summed E-state index contributed by atoms with van der Waals surface area (Å²) in [4.78, 5) is 2.76. The summed E-state index contributed by atoms with van der Waals surface area (Å²) in [5.41, 5.74) is 6.97. The summed E-state index contributed by atoms with van der Waals surface area (Å²) in [7, 11) is 0. The van der Waals surface area contributed by atoms with E-state index in [1.165, 1.54) is 64.5 Å². The van der Waals surface area contributed by atoms with E-state index in [2.05, 4.69) is 18.7 Å². The van der Waals surface area contributed by atoms with E-state index in [0.29, 0.717) is 11.6 Å². The van der Waals surface area contributed by atoms with E-state index < -0.39 is 0 Å². The average Bonchev–Trinajstić information content (AvgIpc) is 2.79. The molecule has 2 rings (SSSR count). The second-order valence-corrected chi connectivity index (χ2v) is 6.59. The minimum Gasteiger partial charge on any atom is -0.326 e. The third-order valence-electron chi connectivity index (χ3n) is 4.87. The summed E-state index contributed by atoms with van der Waals surface area (Å²) >= 11 is 0. The second kappa shape index (κ2) is 5.71. The highest BCUT2D eigenvalue weighted by atomic mass is 15.2. The molecule has 1 atom stereocenters. The lowest BCUT2D eigenvalue weighted by Crippen LogP contribution is -2.60. The van der Waals surface area contributed by atoms with Crippen LogP contribution in [0.2, 0.25) is 0 Å². The van der Waals surface area contributed by atoms with E-state index in [-0.39, 0.29) is 0 Å². The molecule has 1 aliphatic heterocycles. The Labute approximate surface area is 107 Å². The molecule has 17 heavy (non-hydrogen) atoms. The van der Waals surface area contributed by atoms with Crippen molar-refractivity contribution < 1.29 is 0 Å². The molecule has 1 unspecified atom stereocenters. The normalized spacial score (nSPS) is 27.5. The van der Waals surface area contributed by atoms with Crippen LogP contribution in [0.5, 0.6) is 0 Å². The van der Waals surface area contributed by atoms with Crippen LogP contribution in [-0.2, 0) is 0 Å². The van der Waals surface area contributed by atoms with Crippen LogP contribution in [0, 0.1) is 5.92 Å². The number of hydrogen-bond donors (Lipinski definition) is 1. The van der Waals surface area contributed by atoms with E-state index in [4.69, 9.17) is 5.73 Å². The molecule has 1 saturated carbocycles. The molecule has 0 spiro atoms. The molecule has 1 aliphatic carbocycles. The van der Waals surface area contributed by atoms with Gasteiger partial charge in [0.25, 0.3) is 0 Å². The zero-order valence-electron chi connectivity index (χ0n) is 11.8. The van der Waals surface area contributed by atoms with Crippen LogP contribution in [0.15, 0.2) is 0 Å². The van der Waals surface area contributed by atoms with Crippen LogP contribution in [0.1, 0.15) is 65.2 Å². The molecular formula is C15H30N2. The lowest BCUT2D eigenvalue weighted by Gasteiger charge is -2.47. The molecule has 1 heterocycles. The van der Waals surface area contributed by atoms with Crippen LogP contribution in [0.3, 0.4) is 0 Å². The van der Waals surface area contributed by atoms with Gasteiger partial charge in [0.2, 0.25) is 0 Å². The van der Waals surface area contributed by atoms with Gasteiger partial charge in [-0.25, -0.2) is 0 Å². The highest BCUT2D eigenvalue weighted by Crippen LogP contribution is 2.40. The Morgan fingerprint density at radius 3 is 2.12 bits per heavy atom. The fourth-order valence-corrected chi connectivity index (χ4v) is 3.98. The molecule has 0 bridgehead atoms. The van der Waals surface area contributed by atoms with Gasteiger partial charge in [0.05, 0.1) is 0 Å². The summed E-state index contributed by atoms with van der Waals surface area (Å²) in [5.74, 6) is 0.729. The molecule has 2 fully saturated rings. The van der Waals surface area contributed by atoms with Crippen LogP contribution in [0.4, 0.5) is 0 Å². The molecule has 1 saturated heterocycles. The maximum absolute atomic E-state index is 6.60. The van der Waals surface area contributed by atoms with E-state index in [1.807, 2.05) is 0 Å². The van der Waals surface area contributed by atoms with Gasteiger partial charge in [-0.1, -0.05) is 33.1 Å². The molecule has 0 aromatic heterocycles.